The molecule has 1 aliphatic rings. The summed E-state index contributed by atoms with van der Waals surface area (Å²) in [6.07, 6.45) is -0.373. The predicted octanol–water partition coefficient (Wildman–Crippen LogP) is 3.92. The van der Waals surface area contributed by atoms with Crippen LogP contribution in [0.5, 0.6) is 5.75 Å². The van der Waals surface area contributed by atoms with Gasteiger partial charge in [0, 0.05) is 24.7 Å². The SMILES string of the molecule is FC(F)(F)Oc1ccccc1SN1CCc2c(cnc3[nH]ncc23)C1. The molecule has 0 radical (unpaired) electrons. The highest BCUT2D eigenvalue weighted by Crippen LogP contribution is 2.37. The molecule has 5 nitrogen and oxygen atoms in total. The molecule has 1 N–H and O–H groups in total. The third-order valence-corrected chi connectivity index (χ3v) is 5.05. The van der Waals surface area contributed by atoms with Gasteiger partial charge < -0.3 is 4.74 Å². The maximum atomic E-state index is 12.6. The summed E-state index contributed by atoms with van der Waals surface area (Å²) in [5.74, 6) is -0.186. The van der Waals surface area contributed by atoms with Gasteiger partial charge in [-0.25, -0.2) is 9.29 Å². The monoisotopic (exact) mass is 366 g/mol. The van der Waals surface area contributed by atoms with Crippen LogP contribution in [-0.2, 0) is 13.0 Å². The number of rotatable bonds is 3. The van der Waals surface area contributed by atoms with E-state index in [1.807, 2.05) is 4.31 Å². The first-order valence-corrected chi connectivity index (χ1v) is 8.34. The summed E-state index contributed by atoms with van der Waals surface area (Å²) in [5.41, 5.74) is 3.00. The second kappa shape index (κ2) is 6.23. The first kappa shape index (κ1) is 16.2. The van der Waals surface area contributed by atoms with Crippen molar-refractivity contribution in [2.45, 2.75) is 24.2 Å². The van der Waals surface area contributed by atoms with Gasteiger partial charge in [-0.05, 0) is 41.6 Å². The molecular formula is C16H13F3N4OS. The number of pyridine rings is 1. The Bertz CT molecular complexity index is 912. The fourth-order valence-electron chi connectivity index (χ4n) is 2.88. The summed E-state index contributed by atoms with van der Waals surface area (Å²) in [7, 11) is 0. The van der Waals surface area contributed by atoms with E-state index in [1.165, 1.54) is 29.6 Å². The summed E-state index contributed by atoms with van der Waals surface area (Å²) in [6.45, 7) is 1.30. The molecule has 3 heterocycles. The molecule has 2 aromatic heterocycles. The molecule has 0 spiro atoms. The van der Waals surface area contributed by atoms with Crippen LogP contribution < -0.4 is 4.74 Å². The Balaban J connectivity index is 1.55. The normalized spacial score (nSPS) is 15.3. The van der Waals surface area contributed by atoms with Crippen LogP contribution in [0.1, 0.15) is 11.1 Å². The van der Waals surface area contributed by atoms with Crippen LogP contribution in [0.15, 0.2) is 41.6 Å². The smallest absolute Gasteiger partial charge is 0.405 e. The quantitative estimate of drug-likeness (QED) is 0.712. The van der Waals surface area contributed by atoms with Crippen molar-refractivity contribution in [3.63, 3.8) is 0 Å². The number of fused-ring (bicyclic) bond motifs is 3. The molecule has 25 heavy (non-hydrogen) atoms. The lowest BCUT2D eigenvalue weighted by Gasteiger charge is -2.28. The third kappa shape index (κ3) is 3.42. The molecule has 0 aliphatic carbocycles. The summed E-state index contributed by atoms with van der Waals surface area (Å²) < 4.78 is 43.8. The number of ether oxygens (including phenoxy) is 1. The third-order valence-electron chi connectivity index (χ3n) is 3.94. The van der Waals surface area contributed by atoms with Gasteiger partial charge in [0.25, 0.3) is 0 Å². The molecule has 0 atom stereocenters. The molecule has 0 amide bonds. The number of aromatic nitrogens is 3. The van der Waals surface area contributed by atoms with Gasteiger partial charge in [0.2, 0.25) is 0 Å². The van der Waals surface area contributed by atoms with Gasteiger partial charge in [-0.15, -0.1) is 13.2 Å². The lowest BCUT2D eigenvalue weighted by molar-refractivity contribution is -0.275. The number of hydrogen-bond donors (Lipinski definition) is 1. The van der Waals surface area contributed by atoms with Gasteiger partial charge in [-0.2, -0.15) is 5.10 Å². The Morgan fingerprint density at radius 1 is 1.20 bits per heavy atom. The topological polar surface area (TPSA) is 54.0 Å². The fourth-order valence-corrected chi connectivity index (χ4v) is 3.88. The molecule has 0 bridgehead atoms. The van der Waals surface area contributed by atoms with E-state index in [9.17, 15) is 13.2 Å². The number of aromatic amines is 1. The molecule has 0 fully saturated rings. The molecule has 130 valence electrons. The van der Waals surface area contributed by atoms with Gasteiger partial charge in [0.15, 0.2) is 5.65 Å². The van der Waals surface area contributed by atoms with Gasteiger partial charge in [0.05, 0.1) is 11.1 Å². The summed E-state index contributed by atoms with van der Waals surface area (Å²) in [6, 6.07) is 6.17. The highest BCUT2D eigenvalue weighted by atomic mass is 32.2. The lowest BCUT2D eigenvalue weighted by atomic mass is 10.0. The van der Waals surface area contributed by atoms with Crippen LogP contribution in [0.4, 0.5) is 13.2 Å². The molecule has 3 aromatic rings. The molecule has 0 unspecified atom stereocenters. The number of nitrogens with zero attached hydrogens (tertiary/aromatic N) is 3. The van der Waals surface area contributed by atoms with Crippen LogP contribution >= 0.6 is 11.9 Å². The van der Waals surface area contributed by atoms with E-state index in [0.717, 1.165) is 23.0 Å². The van der Waals surface area contributed by atoms with Crippen molar-refractivity contribution in [1.29, 1.82) is 0 Å². The maximum absolute atomic E-state index is 12.6. The van der Waals surface area contributed by atoms with Crippen LogP contribution in [0.3, 0.4) is 0 Å². The largest absolute Gasteiger partial charge is 0.573 e. The van der Waals surface area contributed by atoms with Gasteiger partial charge in [-0.1, -0.05) is 12.1 Å². The van der Waals surface area contributed by atoms with E-state index < -0.39 is 6.36 Å². The number of H-pyrrole nitrogens is 1. The van der Waals surface area contributed by atoms with Crippen molar-refractivity contribution in [3.8, 4) is 5.75 Å². The molecule has 0 saturated carbocycles. The number of para-hydroxylation sites is 1. The number of nitrogens with one attached hydrogen (secondary N) is 1. The number of halogens is 3. The average Bonchev–Trinajstić information content (AvgIpc) is 3.04. The molecule has 0 saturated heterocycles. The van der Waals surface area contributed by atoms with Gasteiger partial charge in [-0.3, -0.25) is 5.10 Å². The number of alkyl halides is 3. The van der Waals surface area contributed by atoms with Crippen LogP contribution in [0.25, 0.3) is 11.0 Å². The van der Waals surface area contributed by atoms with Crippen molar-refractivity contribution in [1.82, 2.24) is 19.5 Å². The molecule has 1 aliphatic heterocycles. The first-order valence-electron chi connectivity index (χ1n) is 7.57. The molecule has 9 heteroatoms. The number of hydrogen-bond acceptors (Lipinski definition) is 5. The Hall–Kier alpha value is -2.26. The second-order valence-corrected chi connectivity index (χ2v) is 6.73. The Morgan fingerprint density at radius 2 is 2.04 bits per heavy atom. The van der Waals surface area contributed by atoms with Crippen molar-refractivity contribution >= 4 is 23.0 Å². The van der Waals surface area contributed by atoms with E-state index in [4.69, 9.17) is 0 Å². The average molecular weight is 366 g/mol. The predicted molar refractivity (Wildman–Crippen MR) is 87.0 cm³/mol. The highest BCUT2D eigenvalue weighted by Gasteiger charge is 2.32. The molecule has 4 rings (SSSR count). The Kier molecular flexibility index (Phi) is 4.04. The van der Waals surface area contributed by atoms with Crippen LogP contribution in [-0.4, -0.2) is 32.4 Å². The minimum atomic E-state index is -4.71. The highest BCUT2D eigenvalue weighted by molar-refractivity contribution is 7.97. The zero-order chi connectivity index (χ0) is 17.4. The van der Waals surface area contributed by atoms with Gasteiger partial charge >= 0.3 is 6.36 Å². The van der Waals surface area contributed by atoms with Crippen molar-refractivity contribution in [3.05, 3.63) is 47.8 Å². The van der Waals surface area contributed by atoms with E-state index in [0.29, 0.717) is 18.0 Å². The zero-order valence-electron chi connectivity index (χ0n) is 12.9. The lowest BCUT2D eigenvalue weighted by Crippen LogP contribution is -2.25. The van der Waals surface area contributed by atoms with E-state index >= 15 is 0 Å². The summed E-state index contributed by atoms with van der Waals surface area (Å²) >= 11 is 1.26. The standard InChI is InChI=1S/C16H13F3N4OS/c17-16(18,19)24-13-3-1-2-4-14(13)25-23-6-5-11-10(9-23)7-20-15-12(11)8-21-22-15/h1-4,7-8H,5-6,9H2,(H,20,21,22). The van der Waals surface area contributed by atoms with E-state index in [-0.39, 0.29) is 5.75 Å². The zero-order valence-corrected chi connectivity index (χ0v) is 13.7. The Morgan fingerprint density at radius 3 is 2.88 bits per heavy atom. The van der Waals surface area contributed by atoms with E-state index in [2.05, 4.69) is 19.9 Å². The van der Waals surface area contributed by atoms with Gasteiger partial charge in [0.1, 0.15) is 5.75 Å². The minimum Gasteiger partial charge on any atom is -0.405 e. The molecular weight excluding hydrogens is 353 g/mol. The summed E-state index contributed by atoms with van der Waals surface area (Å²) in [4.78, 5) is 4.77. The second-order valence-electron chi connectivity index (χ2n) is 5.59. The van der Waals surface area contributed by atoms with Crippen molar-refractivity contribution in [2.24, 2.45) is 0 Å². The van der Waals surface area contributed by atoms with Crippen LogP contribution in [0, 0.1) is 0 Å². The summed E-state index contributed by atoms with van der Waals surface area (Å²) in [5, 5.41) is 7.86. The molecule has 1 aromatic carbocycles. The number of benzene rings is 1. The van der Waals surface area contributed by atoms with E-state index in [1.54, 1.807) is 24.5 Å². The van der Waals surface area contributed by atoms with Crippen molar-refractivity contribution in [2.75, 3.05) is 6.54 Å². The van der Waals surface area contributed by atoms with Crippen molar-refractivity contribution < 1.29 is 17.9 Å². The first-order chi connectivity index (χ1) is 12.0. The minimum absolute atomic E-state index is 0.186. The van der Waals surface area contributed by atoms with Crippen LogP contribution in [0.2, 0.25) is 0 Å². The maximum Gasteiger partial charge on any atom is 0.573 e. The Labute approximate surface area is 145 Å². The fraction of sp³-hybridized carbons (Fsp3) is 0.250.